The van der Waals surface area contributed by atoms with Crippen molar-refractivity contribution in [1.82, 2.24) is 9.36 Å². The van der Waals surface area contributed by atoms with Crippen molar-refractivity contribution in [2.75, 3.05) is 11.9 Å². The average Bonchev–Trinajstić information content (AvgIpc) is 2.52. The highest BCUT2D eigenvalue weighted by Gasteiger charge is 2.24. The highest BCUT2D eigenvalue weighted by Crippen LogP contribution is 2.17. The van der Waals surface area contributed by atoms with E-state index >= 15 is 0 Å². The molecule has 2 N–H and O–H groups in total. The van der Waals surface area contributed by atoms with Gasteiger partial charge >= 0.3 is 0 Å². The normalized spacial score (nSPS) is 15.8. The van der Waals surface area contributed by atoms with Crippen LogP contribution in [0.3, 0.4) is 0 Å². The summed E-state index contributed by atoms with van der Waals surface area (Å²) in [5, 5.41) is 13.7. The van der Waals surface area contributed by atoms with Crippen LogP contribution >= 0.6 is 11.5 Å². The lowest BCUT2D eigenvalue weighted by atomic mass is 9.93. The van der Waals surface area contributed by atoms with Crippen molar-refractivity contribution in [1.29, 1.82) is 0 Å². The van der Waals surface area contributed by atoms with Gasteiger partial charge in [-0.2, -0.15) is 4.37 Å². The average molecular weight is 201 g/mol. The highest BCUT2D eigenvalue weighted by molar-refractivity contribution is 7.09. The highest BCUT2D eigenvalue weighted by atomic mass is 32.1. The van der Waals surface area contributed by atoms with Crippen molar-refractivity contribution in [3.8, 4) is 0 Å². The Hall–Kier alpha value is -0.680. The molecule has 5 heteroatoms. The number of aliphatic hydroxyl groups is 1. The summed E-state index contributed by atoms with van der Waals surface area (Å²) in [4.78, 5) is 3.96. The monoisotopic (exact) mass is 201 g/mol. The van der Waals surface area contributed by atoms with E-state index in [4.69, 9.17) is 0 Å². The van der Waals surface area contributed by atoms with Crippen molar-refractivity contribution in [3.05, 3.63) is 6.33 Å². The first-order chi connectivity index (χ1) is 6.02. The number of hydrogen-bond donors (Lipinski definition) is 2. The molecule has 0 amide bonds. The Balaban J connectivity index is 2.42. The Morgan fingerprint density at radius 1 is 1.69 bits per heavy atom. The lowest BCUT2D eigenvalue weighted by Gasteiger charge is -2.27. The Morgan fingerprint density at radius 2 is 2.38 bits per heavy atom. The van der Waals surface area contributed by atoms with Gasteiger partial charge in [-0.25, -0.2) is 4.98 Å². The smallest absolute Gasteiger partial charge is 0.202 e. The molecule has 0 fully saturated rings. The molecule has 1 atom stereocenters. The van der Waals surface area contributed by atoms with E-state index in [1.165, 1.54) is 17.9 Å². The van der Waals surface area contributed by atoms with Crippen LogP contribution < -0.4 is 5.32 Å². The van der Waals surface area contributed by atoms with Crippen LogP contribution in [0.5, 0.6) is 0 Å². The van der Waals surface area contributed by atoms with Gasteiger partial charge in [-0.05, 0) is 12.8 Å². The summed E-state index contributed by atoms with van der Waals surface area (Å²) in [5.74, 6) is 0.216. The molecule has 74 valence electrons. The van der Waals surface area contributed by atoms with E-state index in [0.717, 1.165) is 5.13 Å². The first kappa shape index (κ1) is 10.4. The number of nitrogens with zero attached hydrogens (tertiary/aromatic N) is 2. The van der Waals surface area contributed by atoms with Crippen molar-refractivity contribution in [2.24, 2.45) is 5.92 Å². The zero-order valence-corrected chi connectivity index (χ0v) is 8.93. The molecule has 0 aromatic carbocycles. The largest absolute Gasteiger partial charge is 0.388 e. The molecule has 0 saturated heterocycles. The van der Waals surface area contributed by atoms with Crippen LogP contribution in [0, 0.1) is 5.92 Å². The minimum atomic E-state index is -0.703. The van der Waals surface area contributed by atoms with E-state index in [9.17, 15) is 5.11 Å². The number of nitrogens with one attached hydrogen (secondary N) is 1. The van der Waals surface area contributed by atoms with Crippen LogP contribution in [0.2, 0.25) is 0 Å². The predicted molar refractivity (Wildman–Crippen MR) is 53.9 cm³/mol. The third kappa shape index (κ3) is 2.93. The summed E-state index contributed by atoms with van der Waals surface area (Å²) < 4.78 is 3.85. The topological polar surface area (TPSA) is 58.0 Å². The SMILES string of the molecule is CC(C)C(C)(O)CNc1ncns1. The number of aromatic nitrogens is 2. The molecule has 13 heavy (non-hydrogen) atoms. The summed E-state index contributed by atoms with van der Waals surface area (Å²) in [6.45, 7) is 6.29. The van der Waals surface area contributed by atoms with Crippen molar-refractivity contribution >= 4 is 16.7 Å². The third-order valence-electron chi connectivity index (χ3n) is 2.20. The second-order valence-electron chi connectivity index (χ2n) is 3.61. The summed E-state index contributed by atoms with van der Waals surface area (Å²) in [6.07, 6.45) is 1.50. The van der Waals surface area contributed by atoms with Crippen LogP contribution in [0.15, 0.2) is 6.33 Å². The Kier molecular flexibility index (Phi) is 3.22. The van der Waals surface area contributed by atoms with Gasteiger partial charge in [0.05, 0.1) is 5.60 Å². The molecule has 0 saturated carbocycles. The summed E-state index contributed by atoms with van der Waals surface area (Å²) in [7, 11) is 0. The maximum absolute atomic E-state index is 9.88. The van der Waals surface area contributed by atoms with Crippen LogP contribution in [0.4, 0.5) is 5.13 Å². The van der Waals surface area contributed by atoms with Gasteiger partial charge in [0.1, 0.15) is 6.33 Å². The van der Waals surface area contributed by atoms with Crippen LogP contribution in [0.25, 0.3) is 0 Å². The van der Waals surface area contributed by atoms with Gasteiger partial charge in [-0.1, -0.05) is 13.8 Å². The fraction of sp³-hybridized carbons (Fsp3) is 0.750. The molecular formula is C8H15N3OS. The molecule has 0 bridgehead atoms. The molecular weight excluding hydrogens is 186 g/mol. The lowest BCUT2D eigenvalue weighted by Crippen LogP contribution is -2.38. The van der Waals surface area contributed by atoms with Gasteiger partial charge in [0.2, 0.25) is 5.13 Å². The summed E-state index contributed by atoms with van der Waals surface area (Å²) in [5.41, 5.74) is -0.703. The van der Waals surface area contributed by atoms with Crippen molar-refractivity contribution in [3.63, 3.8) is 0 Å². The Bertz CT molecular complexity index is 246. The van der Waals surface area contributed by atoms with Crippen molar-refractivity contribution < 1.29 is 5.11 Å². The van der Waals surface area contributed by atoms with E-state index in [2.05, 4.69) is 14.7 Å². The zero-order valence-electron chi connectivity index (χ0n) is 8.11. The molecule has 0 aliphatic carbocycles. The molecule has 0 aliphatic rings. The van der Waals surface area contributed by atoms with E-state index < -0.39 is 5.60 Å². The lowest BCUT2D eigenvalue weighted by molar-refractivity contribution is 0.0266. The minimum absolute atomic E-state index is 0.216. The summed E-state index contributed by atoms with van der Waals surface area (Å²) in [6, 6.07) is 0. The molecule has 0 spiro atoms. The van der Waals surface area contributed by atoms with E-state index in [-0.39, 0.29) is 5.92 Å². The van der Waals surface area contributed by atoms with Crippen LogP contribution in [-0.4, -0.2) is 26.6 Å². The standard InChI is InChI=1S/C8H15N3OS/c1-6(2)8(3,12)4-9-7-10-5-11-13-7/h5-6,12H,4H2,1-3H3,(H,9,10,11). The molecule has 0 aliphatic heterocycles. The molecule has 1 rings (SSSR count). The zero-order chi connectivity index (χ0) is 9.90. The third-order valence-corrected chi connectivity index (χ3v) is 2.82. The van der Waals surface area contributed by atoms with Gasteiger partial charge in [-0.15, -0.1) is 0 Å². The number of rotatable bonds is 4. The first-order valence-corrected chi connectivity index (χ1v) is 5.02. The van der Waals surface area contributed by atoms with Gasteiger partial charge in [-0.3, -0.25) is 0 Å². The van der Waals surface area contributed by atoms with Crippen molar-refractivity contribution in [2.45, 2.75) is 26.4 Å². The Morgan fingerprint density at radius 3 is 2.85 bits per heavy atom. The molecule has 4 nitrogen and oxygen atoms in total. The van der Waals surface area contributed by atoms with E-state index in [1.54, 1.807) is 0 Å². The Labute approximate surface area is 82.2 Å². The van der Waals surface area contributed by atoms with E-state index in [1.807, 2.05) is 20.8 Å². The van der Waals surface area contributed by atoms with Crippen LogP contribution in [-0.2, 0) is 0 Å². The second kappa shape index (κ2) is 4.02. The van der Waals surface area contributed by atoms with E-state index in [0.29, 0.717) is 6.54 Å². The summed E-state index contributed by atoms with van der Waals surface area (Å²) >= 11 is 1.29. The maximum Gasteiger partial charge on any atom is 0.202 e. The molecule has 0 radical (unpaired) electrons. The second-order valence-corrected chi connectivity index (χ2v) is 4.39. The van der Waals surface area contributed by atoms with Gasteiger partial charge < -0.3 is 10.4 Å². The van der Waals surface area contributed by atoms with Gasteiger partial charge in [0.15, 0.2) is 0 Å². The minimum Gasteiger partial charge on any atom is -0.388 e. The first-order valence-electron chi connectivity index (χ1n) is 4.25. The predicted octanol–water partition coefficient (Wildman–Crippen LogP) is 1.36. The fourth-order valence-corrected chi connectivity index (χ4v) is 1.13. The molecule has 1 unspecified atom stereocenters. The maximum atomic E-state index is 9.88. The molecule has 1 heterocycles. The number of anilines is 1. The fourth-order valence-electron chi connectivity index (χ4n) is 0.710. The molecule has 1 aromatic heterocycles. The number of hydrogen-bond acceptors (Lipinski definition) is 5. The molecule has 1 aromatic rings. The quantitative estimate of drug-likeness (QED) is 0.772. The van der Waals surface area contributed by atoms with Gasteiger partial charge in [0.25, 0.3) is 0 Å². The van der Waals surface area contributed by atoms with Crippen LogP contribution in [0.1, 0.15) is 20.8 Å². The van der Waals surface area contributed by atoms with Gasteiger partial charge in [0, 0.05) is 18.1 Å².